The second-order valence-electron chi connectivity index (χ2n) is 6.87. The maximum Gasteiger partial charge on any atom is 0.258 e. The number of carbonyl (C=O) groups is 3. The molecule has 9 heteroatoms. The number of carbonyl (C=O) groups excluding carboxylic acids is 3. The Kier molecular flexibility index (Phi) is 10.4. The normalized spacial score (nSPS) is 11.6. The van der Waals surface area contributed by atoms with Gasteiger partial charge in [0.05, 0.1) is 18.9 Å². The first-order valence-corrected chi connectivity index (χ1v) is 10.1. The van der Waals surface area contributed by atoms with Crippen molar-refractivity contribution in [1.82, 2.24) is 16.1 Å². The molecular weight excluding hydrogens is 412 g/mol. The highest BCUT2D eigenvalue weighted by Gasteiger charge is 2.10. The molecule has 0 saturated carbocycles. The summed E-state index contributed by atoms with van der Waals surface area (Å²) in [6.07, 6.45) is 1.12. The number of ether oxygens (including phenoxy) is 2. The van der Waals surface area contributed by atoms with E-state index in [2.05, 4.69) is 21.2 Å². The van der Waals surface area contributed by atoms with Gasteiger partial charge >= 0.3 is 0 Å². The van der Waals surface area contributed by atoms with Crippen molar-refractivity contribution in [3.63, 3.8) is 0 Å². The second kappa shape index (κ2) is 13.6. The average Bonchev–Trinajstić information content (AvgIpc) is 2.79. The molecule has 0 bridgehead atoms. The van der Waals surface area contributed by atoms with E-state index in [0.29, 0.717) is 24.5 Å². The van der Waals surface area contributed by atoms with Gasteiger partial charge in [0.1, 0.15) is 12.2 Å². The molecule has 2 aromatic rings. The molecule has 2 aromatic carbocycles. The molecular formula is C23H28N4O5. The van der Waals surface area contributed by atoms with Gasteiger partial charge in [-0.2, -0.15) is 5.10 Å². The minimum absolute atomic E-state index is 0.104. The molecule has 0 fully saturated rings. The van der Waals surface area contributed by atoms with Crippen molar-refractivity contribution in [1.29, 1.82) is 0 Å². The lowest BCUT2D eigenvalue weighted by atomic mass is 10.1. The van der Waals surface area contributed by atoms with Crippen LogP contribution in [0, 0.1) is 0 Å². The first-order chi connectivity index (χ1) is 15.5. The summed E-state index contributed by atoms with van der Waals surface area (Å²) in [6, 6.07) is 16.4. The number of hydrogen-bond donors (Lipinski definition) is 3. The first-order valence-electron chi connectivity index (χ1n) is 10.1. The average molecular weight is 441 g/mol. The Morgan fingerprint density at radius 3 is 2.41 bits per heavy atom. The highest BCUT2D eigenvalue weighted by atomic mass is 16.5. The fraction of sp³-hybridized carbons (Fsp3) is 0.304. The zero-order chi connectivity index (χ0) is 23.2. The van der Waals surface area contributed by atoms with Crippen LogP contribution < -0.4 is 20.8 Å². The van der Waals surface area contributed by atoms with Gasteiger partial charge in [0.25, 0.3) is 5.91 Å². The third-order valence-electron chi connectivity index (χ3n) is 4.28. The van der Waals surface area contributed by atoms with Gasteiger partial charge in [0.2, 0.25) is 11.8 Å². The lowest BCUT2D eigenvalue weighted by molar-refractivity contribution is -0.129. The van der Waals surface area contributed by atoms with Gasteiger partial charge in [-0.15, -0.1) is 0 Å². The van der Waals surface area contributed by atoms with Crippen LogP contribution in [-0.4, -0.2) is 50.8 Å². The van der Waals surface area contributed by atoms with E-state index >= 15 is 0 Å². The minimum atomic E-state index is -0.521. The lowest BCUT2D eigenvalue weighted by Gasteiger charge is -2.14. The van der Waals surface area contributed by atoms with Gasteiger partial charge < -0.3 is 20.1 Å². The number of amides is 3. The number of hydrogen-bond acceptors (Lipinski definition) is 6. The fourth-order valence-electron chi connectivity index (χ4n) is 2.63. The van der Waals surface area contributed by atoms with E-state index in [4.69, 9.17) is 9.47 Å². The predicted molar refractivity (Wildman–Crippen MR) is 120 cm³/mol. The SMILES string of the molecule is COCCNC(=O)CC(=O)N/N=C/c1ccc(OCC(=O)N[C@@H](C)c2ccccc2)cc1. The fourth-order valence-corrected chi connectivity index (χ4v) is 2.63. The number of hydrazone groups is 1. The number of methoxy groups -OCH3 is 1. The van der Waals surface area contributed by atoms with Gasteiger partial charge in [-0.1, -0.05) is 30.3 Å². The van der Waals surface area contributed by atoms with Crippen molar-refractivity contribution in [2.45, 2.75) is 19.4 Å². The summed E-state index contributed by atoms with van der Waals surface area (Å²) >= 11 is 0. The first kappa shape index (κ1) is 24.5. The Hall–Kier alpha value is -3.72. The van der Waals surface area contributed by atoms with Crippen molar-refractivity contribution in [2.75, 3.05) is 26.9 Å². The Morgan fingerprint density at radius 1 is 1.00 bits per heavy atom. The number of nitrogens with zero attached hydrogens (tertiary/aromatic N) is 1. The molecule has 1 atom stereocenters. The van der Waals surface area contributed by atoms with Crippen molar-refractivity contribution >= 4 is 23.9 Å². The molecule has 0 saturated heterocycles. The van der Waals surface area contributed by atoms with Crippen molar-refractivity contribution in [3.05, 3.63) is 65.7 Å². The topological polar surface area (TPSA) is 118 Å². The Balaban J connectivity index is 1.70. The molecule has 3 amide bonds. The van der Waals surface area contributed by atoms with E-state index in [-0.39, 0.29) is 25.0 Å². The molecule has 0 spiro atoms. The highest BCUT2D eigenvalue weighted by molar-refractivity contribution is 5.97. The van der Waals surface area contributed by atoms with Crippen LogP contribution in [0.4, 0.5) is 0 Å². The lowest BCUT2D eigenvalue weighted by Crippen LogP contribution is -2.31. The van der Waals surface area contributed by atoms with Crippen LogP contribution in [-0.2, 0) is 19.1 Å². The monoisotopic (exact) mass is 440 g/mol. The van der Waals surface area contributed by atoms with Crippen LogP contribution in [0.25, 0.3) is 0 Å². The molecule has 0 aromatic heterocycles. The van der Waals surface area contributed by atoms with Crippen LogP contribution in [0.2, 0.25) is 0 Å². The molecule has 0 aliphatic rings. The minimum Gasteiger partial charge on any atom is -0.484 e. The summed E-state index contributed by atoms with van der Waals surface area (Å²) in [5.74, 6) is -0.618. The Bertz CT molecular complexity index is 900. The smallest absolute Gasteiger partial charge is 0.258 e. The van der Waals surface area contributed by atoms with Crippen LogP contribution in [0.3, 0.4) is 0 Å². The van der Waals surface area contributed by atoms with E-state index in [9.17, 15) is 14.4 Å². The number of benzene rings is 2. The van der Waals surface area contributed by atoms with Gasteiger partial charge in [0, 0.05) is 13.7 Å². The quantitative estimate of drug-likeness (QED) is 0.200. The van der Waals surface area contributed by atoms with E-state index in [0.717, 1.165) is 5.56 Å². The van der Waals surface area contributed by atoms with Gasteiger partial charge in [-0.05, 0) is 42.3 Å². The maximum atomic E-state index is 12.1. The Labute approximate surface area is 187 Å². The summed E-state index contributed by atoms with van der Waals surface area (Å²) in [6.45, 7) is 2.53. The number of rotatable bonds is 12. The van der Waals surface area contributed by atoms with Crippen LogP contribution >= 0.6 is 0 Å². The molecule has 9 nitrogen and oxygen atoms in total. The molecule has 0 radical (unpaired) electrons. The molecule has 170 valence electrons. The summed E-state index contributed by atoms with van der Waals surface area (Å²) in [4.78, 5) is 35.3. The molecule has 3 N–H and O–H groups in total. The molecule has 0 heterocycles. The summed E-state index contributed by atoms with van der Waals surface area (Å²) < 4.78 is 10.3. The van der Waals surface area contributed by atoms with Crippen LogP contribution in [0.1, 0.15) is 30.5 Å². The van der Waals surface area contributed by atoms with E-state index in [1.54, 1.807) is 24.3 Å². The molecule has 2 rings (SSSR count). The Morgan fingerprint density at radius 2 is 1.72 bits per heavy atom. The molecule has 0 aliphatic heterocycles. The zero-order valence-electron chi connectivity index (χ0n) is 18.2. The van der Waals surface area contributed by atoms with Crippen molar-refractivity contribution in [3.8, 4) is 5.75 Å². The van der Waals surface area contributed by atoms with E-state index in [1.165, 1.54) is 13.3 Å². The van der Waals surface area contributed by atoms with Crippen LogP contribution in [0.5, 0.6) is 5.75 Å². The zero-order valence-corrected chi connectivity index (χ0v) is 18.2. The second-order valence-corrected chi connectivity index (χ2v) is 6.87. The van der Waals surface area contributed by atoms with Gasteiger partial charge in [-0.3, -0.25) is 14.4 Å². The third kappa shape index (κ3) is 9.40. The number of nitrogens with one attached hydrogen (secondary N) is 3. The summed E-state index contributed by atoms with van der Waals surface area (Å²) in [5.41, 5.74) is 4.02. The third-order valence-corrected chi connectivity index (χ3v) is 4.28. The largest absolute Gasteiger partial charge is 0.484 e. The highest BCUT2D eigenvalue weighted by Crippen LogP contribution is 2.13. The van der Waals surface area contributed by atoms with E-state index < -0.39 is 11.8 Å². The van der Waals surface area contributed by atoms with Gasteiger partial charge in [0.15, 0.2) is 6.61 Å². The predicted octanol–water partition coefficient (Wildman–Crippen LogP) is 1.55. The maximum absolute atomic E-state index is 12.1. The van der Waals surface area contributed by atoms with E-state index in [1.807, 2.05) is 37.3 Å². The van der Waals surface area contributed by atoms with Crippen molar-refractivity contribution < 1.29 is 23.9 Å². The molecule has 0 unspecified atom stereocenters. The molecule has 32 heavy (non-hydrogen) atoms. The van der Waals surface area contributed by atoms with Crippen LogP contribution in [0.15, 0.2) is 59.7 Å². The molecule has 0 aliphatic carbocycles. The standard InChI is InChI=1S/C23H28N4O5/c1-17(19-6-4-3-5-7-19)26-23(30)16-32-20-10-8-18(9-11-20)15-25-27-22(29)14-21(28)24-12-13-31-2/h3-11,15,17H,12-14,16H2,1-2H3,(H,24,28)(H,26,30)(H,27,29)/b25-15+/t17-/m0/s1. The van der Waals surface area contributed by atoms with Gasteiger partial charge in [-0.25, -0.2) is 5.43 Å². The summed E-state index contributed by atoms with van der Waals surface area (Å²) in [5, 5.41) is 9.25. The summed E-state index contributed by atoms with van der Waals surface area (Å²) in [7, 11) is 1.52. The van der Waals surface area contributed by atoms with Crippen molar-refractivity contribution in [2.24, 2.45) is 5.10 Å².